The number of hydrogen-bond acceptors (Lipinski definition) is 7. The average molecular weight is 328 g/mol. The van der Waals surface area contributed by atoms with Crippen LogP contribution in [0.2, 0.25) is 0 Å². The smallest absolute Gasteiger partial charge is 0.245 e. The van der Waals surface area contributed by atoms with E-state index in [9.17, 15) is 0 Å². The highest BCUT2D eigenvalue weighted by Gasteiger charge is 2.34. The van der Waals surface area contributed by atoms with Gasteiger partial charge in [0.2, 0.25) is 5.89 Å². The summed E-state index contributed by atoms with van der Waals surface area (Å²) in [4.78, 5) is 18.4. The fourth-order valence-corrected chi connectivity index (χ4v) is 3.28. The van der Waals surface area contributed by atoms with E-state index in [-0.39, 0.29) is 6.04 Å². The number of hydrogen-bond donors (Lipinski definition) is 0. The van der Waals surface area contributed by atoms with Crippen LogP contribution < -0.4 is 4.90 Å². The summed E-state index contributed by atoms with van der Waals surface area (Å²) in [5.41, 5.74) is 2.19. The SMILES string of the molecule is Cc1nc(C)c(C)c(N2CCN(C)C(c3nc(C4CC4)no3)C2)n1. The van der Waals surface area contributed by atoms with Crippen LogP contribution >= 0.6 is 0 Å². The molecule has 2 aliphatic rings. The Morgan fingerprint density at radius 3 is 2.58 bits per heavy atom. The lowest BCUT2D eigenvalue weighted by Crippen LogP contribution is -2.47. The third kappa shape index (κ3) is 2.77. The van der Waals surface area contributed by atoms with Crippen LogP contribution in [0.1, 0.15) is 53.6 Å². The number of nitrogens with zero attached hydrogens (tertiary/aromatic N) is 6. The van der Waals surface area contributed by atoms with Crippen molar-refractivity contribution in [3.8, 4) is 0 Å². The summed E-state index contributed by atoms with van der Waals surface area (Å²) in [6.45, 7) is 8.76. The van der Waals surface area contributed by atoms with Crippen molar-refractivity contribution in [2.75, 3.05) is 31.6 Å². The van der Waals surface area contributed by atoms with Crippen molar-refractivity contribution in [3.63, 3.8) is 0 Å². The van der Waals surface area contributed by atoms with Crippen LogP contribution in [0, 0.1) is 20.8 Å². The minimum atomic E-state index is 0.105. The second kappa shape index (κ2) is 5.81. The maximum Gasteiger partial charge on any atom is 0.245 e. The largest absolute Gasteiger partial charge is 0.353 e. The summed E-state index contributed by atoms with van der Waals surface area (Å²) in [6.07, 6.45) is 2.37. The zero-order chi connectivity index (χ0) is 16.8. The van der Waals surface area contributed by atoms with Crippen LogP contribution in [-0.2, 0) is 0 Å². The Kier molecular flexibility index (Phi) is 3.75. The maximum absolute atomic E-state index is 5.58. The van der Waals surface area contributed by atoms with E-state index in [1.807, 2.05) is 13.8 Å². The van der Waals surface area contributed by atoms with Crippen LogP contribution in [0.15, 0.2) is 4.52 Å². The molecule has 2 fully saturated rings. The molecule has 1 aliphatic carbocycles. The van der Waals surface area contributed by atoms with Gasteiger partial charge in [0, 0.05) is 36.8 Å². The minimum absolute atomic E-state index is 0.105. The van der Waals surface area contributed by atoms with Gasteiger partial charge in [-0.1, -0.05) is 5.16 Å². The van der Waals surface area contributed by atoms with Crippen molar-refractivity contribution < 1.29 is 4.52 Å². The van der Waals surface area contributed by atoms with E-state index in [2.05, 4.69) is 43.9 Å². The fourth-order valence-electron chi connectivity index (χ4n) is 3.28. The first-order chi connectivity index (χ1) is 11.5. The molecule has 128 valence electrons. The predicted octanol–water partition coefficient (Wildman–Crippen LogP) is 2.16. The van der Waals surface area contributed by atoms with E-state index in [0.717, 1.165) is 54.2 Å². The Balaban J connectivity index is 1.60. The molecule has 0 aromatic carbocycles. The molecule has 4 rings (SSSR count). The van der Waals surface area contributed by atoms with Crippen molar-refractivity contribution in [1.82, 2.24) is 25.0 Å². The number of piperazine rings is 1. The molecule has 1 unspecified atom stereocenters. The van der Waals surface area contributed by atoms with Gasteiger partial charge in [-0.2, -0.15) is 4.98 Å². The maximum atomic E-state index is 5.58. The van der Waals surface area contributed by atoms with E-state index >= 15 is 0 Å². The monoisotopic (exact) mass is 328 g/mol. The van der Waals surface area contributed by atoms with Crippen LogP contribution in [0.4, 0.5) is 5.82 Å². The topological polar surface area (TPSA) is 71.2 Å². The molecule has 3 heterocycles. The molecule has 0 amide bonds. The number of anilines is 1. The van der Waals surface area contributed by atoms with Gasteiger partial charge in [-0.05, 0) is 40.7 Å². The lowest BCUT2D eigenvalue weighted by atomic mass is 10.1. The highest BCUT2D eigenvalue weighted by atomic mass is 16.5. The average Bonchev–Trinajstić information content (AvgIpc) is 3.29. The van der Waals surface area contributed by atoms with Crippen molar-refractivity contribution in [3.05, 3.63) is 28.8 Å². The zero-order valence-corrected chi connectivity index (χ0v) is 14.8. The molecule has 7 nitrogen and oxygen atoms in total. The molecular formula is C17H24N6O. The molecule has 0 spiro atoms. The molecular weight excluding hydrogens is 304 g/mol. The fraction of sp³-hybridized carbons (Fsp3) is 0.647. The Labute approximate surface area is 142 Å². The van der Waals surface area contributed by atoms with Crippen molar-refractivity contribution >= 4 is 5.82 Å². The van der Waals surface area contributed by atoms with E-state index in [4.69, 9.17) is 4.52 Å². The van der Waals surface area contributed by atoms with Gasteiger partial charge >= 0.3 is 0 Å². The summed E-state index contributed by atoms with van der Waals surface area (Å²) in [5, 5.41) is 4.17. The summed E-state index contributed by atoms with van der Waals surface area (Å²) in [6, 6.07) is 0.105. The third-order valence-electron chi connectivity index (χ3n) is 5.11. The summed E-state index contributed by atoms with van der Waals surface area (Å²) >= 11 is 0. The van der Waals surface area contributed by atoms with Gasteiger partial charge in [0.1, 0.15) is 17.7 Å². The first-order valence-electron chi connectivity index (χ1n) is 8.63. The molecule has 0 N–H and O–H groups in total. The lowest BCUT2D eigenvalue weighted by molar-refractivity contribution is 0.177. The van der Waals surface area contributed by atoms with Crippen LogP contribution in [0.5, 0.6) is 0 Å². The quantitative estimate of drug-likeness (QED) is 0.855. The van der Waals surface area contributed by atoms with Crippen LogP contribution in [-0.4, -0.2) is 51.7 Å². The highest BCUT2D eigenvalue weighted by Crippen LogP contribution is 2.39. The van der Waals surface area contributed by atoms with Crippen molar-refractivity contribution in [2.24, 2.45) is 0 Å². The second-order valence-electron chi connectivity index (χ2n) is 7.01. The molecule has 24 heavy (non-hydrogen) atoms. The second-order valence-corrected chi connectivity index (χ2v) is 7.01. The Morgan fingerprint density at radius 1 is 1.04 bits per heavy atom. The van der Waals surface area contributed by atoms with Gasteiger partial charge in [-0.25, -0.2) is 9.97 Å². The van der Waals surface area contributed by atoms with Gasteiger partial charge < -0.3 is 9.42 Å². The Hall–Kier alpha value is -2.02. The summed E-state index contributed by atoms with van der Waals surface area (Å²) in [5.74, 6) is 3.96. The first kappa shape index (κ1) is 15.5. The van der Waals surface area contributed by atoms with Gasteiger partial charge in [0.25, 0.3) is 0 Å². The van der Waals surface area contributed by atoms with Crippen molar-refractivity contribution in [1.29, 1.82) is 0 Å². The zero-order valence-electron chi connectivity index (χ0n) is 14.8. The number of aryl methyl sites for hydroxylation is 2. The standard InChI is InChI=1S/C17H24N6O/c1-10-11(2)18-12(3)19-16(10)23-8-7-22(4)14(9-23)17-20-15(21-24-17)13-5-6-13/h13-14H,5-9H2,1-4H3. The predicted molar refractivity (Wildman–Crippen MR) is 90.1 cm³/mol. The van der Waals surface area contributed by atoms with Crippen LogP contribution in [0.25, 0.3) is 0 Å². The molecule has 7 heteroatoms. The van der Waals surface area contributed by atoms with E-state index in [1.165, 1.54) is 12.8 Å². The van der Waals surface area contributed by atoms with Gasteiger partial charge in [0.05, 0.1) is 0 Å². The van der Waals surface area contributed by atoms with Gasteiger partial charge in [-0.3, -0.25) is 4.90 Å². The normalized spacial score (nSPS) is 22.2. The molecule has 1 aliphatic heterocycles. The minimum Gasteiger partial charge on any atom is -0.353 e. The van der Waals surface area contributed by atoms with E-state index < -0.39 is 0 Å². The molecule has 0 bridgehead atoms. The lowest BCUT2D eigenvalue weighted by Gasteiger charge is -2.38. The van der Waals surface area contributed by atoms with E-state index in [1.54, 1.807) is 0 Å². The molecule has 1 atom stereocenters. The number of likely N-dealkylation sites (N-methyl/N-ethyl adjacent to an activating group) is 1. The molecule has 1 saturated carbocycles. The molecule has 1 saturated heterocycles. The number of aromatic nitrogens is 4. The van der Waals surface area contributed by atoms with E-state index in [0.29, 0.717) is 5.92 Å². The molecule has 2 aromatic rings. The van der Waals surface area contributed by atoms with Crippen molar-refractivity contribution in [2.45, 2.75) is 45.6 Å². The van der Waals surface area contributed by atoms with Gasteiger partial charge in [-0.15, -0.1) is 0 Å². The number of rotatable bonds is 3. The first-order valence-corrected chi connectivity index (χ1v) is 8.63. The van der Waals surface area contributed by atoms with Gasteiger partial charge in [0.15, 0.2) is 5.82 Å². The summed E-state index contributed by atoms with van der Waals surface area (Å²) < 4.78 is 5.58. The highest BCUT2D eigenvalue weighted by molar-refractivity contribution is 5.49. The summed E-state index contributed by atoms with van der Waals surface area (Å²) in [7, 11) is 2.12. The molecule has 2 aromatic heterocycles. The molecule has 0 radical (unpaired) electrons. The third-order valence-corrected chi connectivity index (χ3v) is 5.11. The Morgan fingerprint density at radius 2 is 1.83 bits per heavy atom. The van der Waals surface area contributed by atoms with Crippen LogP contribution in [0.3, 0.4) is 0 Å². The Bertz CT molecular complexity index is 754.